The van der Waals surface area contributed by atoms with Gasteiger partial charge in [-0.3, -0.25) is 9.59 Å². The maximum atomic E-state index is 13.1. The molecule has 0 aliphatic carbocycles. The van der Waals surface area contributed by atoms with Crippen LogP contribution in [0, 0.1) is 5.82 Å². The Balaban J connectivity index is 1.94. The quantitative estimate of drug-likeness (QED) is 0.869. The number of carbonyl (C=O) groups excluding carboxylic acids is 2. The Morgan fingerprint density at radius 1 is 1.16 bits per heavy atom. The molecule has 0 aliphatic heterocycles. The van der Waals surface area contributed by atoms with Crippen LogP contribution in [-0.2, 0) is 4.79 Å². The molecule has 0 aliphatic rings. The zero-order valence-corrected chi connectivity index (χ0v) is 13.2. The van der Waals surface area contributed by atoms with Gasteiger partial charge in [-0.25, -0.2) is 4.39 Å². The van der Waals surface area contributed by atoms with Gasteiger partial charge in [-0.15, -0.1) is 0 Å². The summed E-state index contributed by atoms with van der Waals surface area (Å²) in [5, 5.41) is 2.47. The van der Waals surface area contributed by atoms with Gasteiger partial charge in [0.2, 0.25) is 5.91 Å². The molecule has 2 rings (SSSR count). The van der Waals surface area contributed by atoms with Crippen LogP contribution in [-0.4, -0.2) is 36.9 Å². The average molecular weight is 352 g/mol. The van der Waals surface area contributed by atoms with Crippen molar-refractivity contribution >= 4 is 17.5 Å². The molecule has 0 radical (unpaired) electrons. The van der Waals surface area contributed by atoms with Gasteiger partial charge in [0, 0.05) is 18.3 Å². The maximum absolute atomic E-state index is 13.1. The molecule has 0 heterocycles. The summed E-state index contributed by atoms with van der Waals surface area (Å²) in [5.41, 5.74) is 0.488. The Morgan fingerprint density at radius 3 is 2.44 bits per heavy atom. The van der Waals surface area contributed by atoms with Crippen LogP contribution in [0.4, 0.5) is 18.9 Å². The van der Waals surface area contributed by atoms with Gasteiger partial charge in [0.05, 0.1) is 6.54 Å². The summed E-state index contributed by atoms with van der Waals surface area (Å²) in [4.78, 5) is 25.3. The van der Waals surface area contributed by atoms with Crippen LogP contribution in [0.25, 0.3) is 0 Å². The molecule has 25 heavy (non-hydrogen) atoms. The average Bonchev–Trinajstić information content (AvgIpc) is 2.54. The smallest absolute Gasteiger partial charge is 0.387 e. The number of likely N-dealkylation sites (N-methyl/N-ethyl adjacent to an activating group) is 1. The monoisotopic (exact) mass is 352 g/mol. The second-order valence-electron chi connectivity index (χ2n) is 5.12. The molecule has 0 aromatic heterocycles. The van der Waals surface area contributed by atoms with Gasteiger partial charge in [0.15, 0.2) is 0 Å². The first-order valence-electron chi connectivity index (χ1n) is 7.21. The van der Waals surface area contributed by atoms with Crippen molar-refractivity contribution in [3.8, 4) is 5.75 Å². The van der Waals surface area contributed by atoms with E-state index in [1.807, 2.05) is 0 Å². The zero-order chi connectivity index (χ0) is 18.4. The fraction of sp³-hybridized carbons (Fsp3) is 0.176. The molecule has 2 aromatic rings. The number of alkyl halides is 2. The molecule has 8 heteroatoms. The van der Waals surface area contributed by atoms with Gasteiger partial charge in [0.1, 0.15) is 11.6 Å². The van der Waals surface area contributed by atoms with E-state index in [1.165, 1.54) is 49.5 Å². The first kappa shape index (κ1) is 18.3. The van der Waals surface area contributed by atoms with Crippen molar-refractivity contribution < 1.29 is 27.5 Å². The number of anilines is 1. The summed E-state index contributed by atoms with van der Waals surface area (Å²) in [6, 6.07) is 10.5. The van der Waals surface area contributed by atoms with Crippen LogP contribution in [0.1, 0.15) is 10.4 Å². The van der Waals surface area contributed by atoms with Crippen molar-refractivity contribution in [2.24, 2.45) is 0 Å². The third kappa shape index (κ3) is 5.52. The van der Waals surface area contributed by atoms with Crippen LogP contribution in [0.2, 0.25) is 0 Å². The third-order valence-electron chi connectivity index (χ3n) is 3.16. The van der Waals surface area contributed by atoms with Gasteiger partial charge < -0.3 is 15.0 Å². The molecule has 0 atom stereocenters. The lowest BCUT2D eigenvalue weighted by molar-refractivity contribution is -0.116. The van der Waals surface area contributed by atoms with Crippen LogP contribution in [0.5, 0.6) is 5.75 Å². The van der Waals surface area contributed by atoms with Crippen molar-refractivity contribution in [3.05, 3.63) is 59.9 Å². The van der Waals surface area contributed by atoms with Crippen molar-refractivity contribution in [3.63, 3.8) is 0 Å². The molecule has 0 spiro atoms. The number of carbonyl (C=O) groups is 2. The second-order valence-corrected chi connectivity index (χ2v) is 5.12. The Hall–Kier alpha value is -3.03. The third-order valence-corrected chi connectivity index (χ3v) is 3.16. The summed E-state index contributed by atoms with van der Waals surface area (Å²) in [7, 11) is 1.41. The van der Waals surface area contributed by atoms with Crippen LogP contribution in [0.3, 0.4) is 0 Å². The number of ether oxygens (including phenoxy) is 1. The SMILES string of the molecule is CN(CC(=O)Nc1cccc(F)c1)C(=O)c1ccc(OC(F)F)cc1. The van der Waals surface area contributed by atoms with Gasteiger partial charge in [-0.1, -0.05) is 6.07 Å². The van der Waals surface area contributed by atoms with E-state index in [1.54, 1.807) is 0 Å². The highest BCUT2D eigenvalue weighted by atomic mass is 19.3. The number of nitrogens with zero attached hydrogens (tertiary/aromatic N) is 1. The van der Waals surface area contributed by atoms with Crippen molar-refractivity contribution in [1.82, 2.24) is 4.90 Å². The Morgan fingerprint density at radius 2 is 1.84 bits per heavy atom. The van der Waals surface area contributed by atoms with E-state index in [0.29, 0.717) is 0 Å². The molecule has 5 nitrogen and oxygen atoms in total. The van der Waals surface area contributed by atoms with Gasteiger partial charge in [0.25, 0.3) is 5.91 Å². The molecule has 132 valence electrons. The molecule has 0 saturated heterocycles. The van der Waals surface area contributed by atoms with Gasteiger partial charge in [-0.2, -0.15) is 8.78 Å². The standard InChI is InChI=1S/C17H15F3N2O3/c1-22(10-15(23)21-13-4-2-3-12(18)9-13)16(24)11-5-7-14(8-6-11)25-17(19)20/h2-9,17H,10H2,1H3,(H,21,23). The second kappa shape index (κ2) is 8.18. The highest BCUT2D eigenvalue weighted by molar-refractivity contribution is 5.99. The van der Waals surface area contributed by atoms with Gasteiger partial charge in [-0.05, 0) is 42.5 Å². The number of hydrogen-bond acceptors (Lipinski definition) is 3. The molecule has 1 N–H and O–H groups in total. The molecule has 0 unspecified atom stereocenters. The van der Waals surface area contributed by atoms with E-state index in [4.69, 9.17) is 0 Å². The largest absolute Gasteiger partial charge is 0.435 e. The predicted molar refractivity (Wildman–Crippen MR) is 85.1 cm³/mol. The molecular weight excluding hydrogens is 337 g/mol. The first-order chi connectivity index (χ1) is 11.8. The Bertz CT molecular complexity index is 751. The lowest BCUT2D eigenvalue weighted by atomic mass is 10.2. The number of rotatable bonds is 6. The topological polar surface area (TPSA) is 58.6 Å². The van der Waals surface area contributed by atoms with E-state index >= 15 is 0 Å². The number of hydrogen-bond donors (Lipinski definition) is 1. The summed E-state index contributed by atoms with van der Waals surface area (Å²) in [5.74, 6) is -1.54. The fourth-order valence-corrected chi connectivity index (χ4v) is 2.05. The number of halogens is 3. The Kier molecular flexibility index (Phi) is 5.99. The molecule has 0 fully saturated rings. The van der Waals surface area contributed by atoms with Crippen LogP contribution >= 0.6 is 0 Å². The minimum absolute atomic E-state index is 0.0712. The van der Waals surface area contributed by atoms with Gasteiger partial charge >= 0.3 is 6.61 Å². The lowest BCUT2D eigenvalue weighted by Gasteiger charge is -2.17. The number of amides is 2. The molecular formula is C17H15F3N2O3. The molecule has 0 saturated carbocycles. The highest BCUT2D eigenvalue weighted by Crippen LogP contribution is 2.16. The summed E-state index contributed by atoms with van der Waals surface area (Å²) >= 11 is 0. The molecule has 0 bridgehead atoms. The fourth-order valence-electron chi connectivity index (χ4n) is 2.05. The highest BCUT2D eigenvalue weighted by Gasteiger charge is 2.15. The summed E-state index contributed by atoms with van der Waals surface area (Å²) < 4.78 is 41.4. The van der Waals surface area contributed by atoms with Crippen molar-refractivity contribution in [2.75, 3.05) is 18.9 Å². The van der Waals surface area contributed by atoms with Crippen LogP contribution < -0.4 is 10.1 Å². The number of nitrogens with one attached hydrogen (secondary N) is 1. The molecule has 2 aromatic carbocycles. The Labute approximate surface area is 142 Å². The van der Waals surface area contributed by atoms with E-state index in [9.17, 15) is 22.8 Å². The normalized spacial score (nSPS) is 10.4. The van der Waals surface area contributed by atoms with E-state index < -0.39 is 24.2 Å². The maximum Gasteiger partial charge on any atom is 0.387 e. The predicted octanol–water partition coefficient (Wildman–Crippen LogP) is 3.14. The van der Waals surface area contributed by atoms with E-state index in [2.05, 4.69) is 10.1 Å². The summed E-state index contributed by atoms with van der Waals surface area (Å²) in [6.45, 7) is -3.21. The molecule has 2 amide bonds. The lowest BCUT2D eigenvalue weighted by Crippen LogP contribution is -2.34. The first-order valence-corrected chi connectivity index (χ1v) is 7.21. The number of benzene rings is 2. The van der Waals surface area contributed by atoms with Crippen molar-refractivity contribution in [2.45, 2.75) is 6.61 Å². The van der Waals surface area contributed by atoms with Crippen molar-refractivity contribution in [1.29, 1.82) is 0 Å². The zero-order valence-electron chi connectivity index (χ0n) is 13.2. The van der Waals surface area contributed by atoms with E-state index in [-0.39, 0.29) is 23.5 Å². The summed E-state index contributed by atoms with van der Waals surface area (Å²) in [6.07, 6.45) is 0. The van der Waals surface area contributed by atoms with E-state index in [0.717, 1.165) is 11.0 Å². The minimum atomic E-state index is -2.95. The minimum Gasteiger partial charge on any atom is -0.435 e. The van der Waals surface area contributed by atoms with Crippen LogP contribution in [0.15, 0.2) is 48.5 Å².